The van der Waals surface area contributed by atoms with Gasteiger partial charge in [0.05, 0.1) is 22.1 Å². The third kappa shape index (κ3) is 5.27. The number of carbonyl (C=O) groups excluding carboxylic acids is 1. The fraction of sp³-hybridized carbons (Fsp3) is 0.267. The van der Waals surface area contributed by atoms with E-state index in [0.29, 0.717) is 22.0 Å². The molecule has 206 valence electrons. The fourth-order valence-electron chi connectivity index (χ4n) is 4.85. The first-order valence-electron chi connectivity index (χ1n) is 12.7. The molecular weight excluding hydrogens is 554 g/mol. The Morgan fingerprint density at radius 3 is 2.58 bits per heavy atom. The number of aromatic nitrogens is 3. The third-order valence-electron chi connectivity index (χ3n) is 7.10. The predicted octanol–water partition coefficient (Wildman–Crippen LogP) is 6.34. The van der Waals surface area contributed by atoms with Crippen molar-refractivity contribution in [2.75, 3.05) is 5.32 Å². The first-order chi connectivity index (χ1) is 18.9. The van der Waals surface area contributed by atoms with Crippen molar-refractivity contribution in [3.05, 3.63) is 104 Å². The van der Waals surface area contributed by atoms with Crippen LogP contribution in [0.4, 0.5) is 10.1 Å². The van der Waals surface area contributed by atoms with Crippen LogP contribution in [0.5, 0.6) is 0 Å². The van der Waals surface area contributed by atoms with Crippen molar-refractivity contribution >= 4 is 34.8 Å². The van der Waals surface area contributed by atoms with Crippen LogP contribution in [-0.4, -0.2) is 31.1 Å². The number of nitrogens with one attached hydrogen (secondary N) is 1. The van der Waals surface area contributed by atoms with E-state index in [0.717, 1.165) is 17.5 Å². The van der Waals surface area contributed by atoms with Gasteiger partial charge >= 0.3 is 0 Å². The van der Waals surface area contributed by atoms with Crippen LogP contribution in [0.2, 0.25) is 10.0 Å². The molecule has 40 heavy (non-hydrogen) atoms. The molecule has 0 unspecified atom stereocenters. The smallest absolute Gasteiger partial charge is 0.274 e. The first kappa shape index (κ1) is 28.0. The largest absolute Gasteiger partial charge is 0.381 e. The molecule has 4 aromatic rings. The summed E-state index contributed by atoms with van der Waals surface area (Å²) in [7, 11) is 0. The van der Waals surface area contributed by atoms with Gasteiger partial charge in [0.2, 0.25) is 0 Å². The molecule has 0 aliphatic heterocycles. The van der Waals surface area contributed by atoms with Crippen LogP contribution in [0.25, 0.3) is 16.9 Å². The first-order valence-corrected chi connectivity index (χ1v) is 13.4. The normalized spacial score (nSPS) is 16.6. The minimum atomic E-state index is -1.69. The molecule has 1 aromatic carbocycles. The molecule has 0 spiro atoms. The highest BCUT2D eigenvalue weighted by Gasteiger charge is 2.42. The molecule has 5 rings (SSSR count). The minimum absolute atomic E-state index is 0.0823. The predicted molar refractivity (Wildman–Crippen MR) is 154 cm³/mol. The number of carbonyl (C=O) groups is 1. The molecular formula is C30H27Cl2FN4O3. The van der Waals surface area contributed by atoms with E-state index in [2.05, 4.69) is 15.3 Å². The molecule has 0 saturated heterocycles. The third-order valence-corrected chi connectivity index (χ3v) is 7.69. The van der Waals surface area contributed by atoms with E-state index in [9.17, 15) is 14.7 Å². The fourth-order valence-corrected chi connectivity index (χ4v) is 5.31. The number of nitrogens with zero attached hydrogens (tertiary/aromatic N) is 3. The van der Waals surface area contributed by atoms with Crippen molar-refractivity contribution in [2.24, 2.45) is 0 Å². The van der Waals surface area contributed by atoms with Gasteiger partial charge in [-0.3, -0.25) is 24.1 Å². The standard InChI is InChI=1S/C30H27Cl2FN4O3/c1-15-12-35-24(19-6-5-7-23(27(19)33)36-29(39)30(3,4)40)11-25(15)37-16(2)8-22(26(32)28(37)38)21-10-20(21)17-9-18(31)14-34-13-17/h5-9,11-14,20-21,40H,10H2,1-4H3,(H,36,39)/t20-,21+/m1/s1. The Hall–Kier alpha value is -3.59. The second-order valence-corrected chi connectivity index (χ2v) is 11.4. The summed E-state index contributed by atoms with van der Waals surface area (Å²) in [5.74, 6) is -1.20. The minimum Gasteiger partial charge on any atom is -0.381 e. The Labute approximate surface area is 240 Å². The van der Waals surface area contributed by atoms with E-state index < -0.39 is 17.3 Å². The summed E-state index contributed by atoms with van der Waals surface area (Å²) in [5.41, 5.74) is 1.89. The highest BCUT2D eigenvalue weighted by Crippen LogP contribution is 2.56. The maximum absolute atomic E-state index is 15.5. The lowest BCUT2D eigenvalue weighted by molar-refractivity contribution is -0.130. The van der Waals surface area contributed by atoms with Crippen molar-refractivity contribution < 1.29 is 14.3 Å². The lowest BCUT2D eigenvalue weighted by Crippen LogP contribution is -2.36. The van der Waals surface area contributed by atoms with Crippen molar-refractivity contribution in [2.45, 2.75) is 51.6 Å². The van der Waals surface area contributed by atoms with Crippen LogP contribution in [0.15, 0.2) is 59.8 Å². The Morgan fingerprint density at radius 2 is 1.88 bits per heavy atom. The van der Waals surface area contributed by atoms with Gasteiger partial charge in [0.1, 0.15) is 10.6 Å². The van der Waals surface area contributed by atoms with Gasteiger partial charge in [-0.25, -0.2) is 4.39 Å². The topological polar surface area (TPSA) is 97.1 Å². The van der Waals surface area contributed by atoms with Gasteiger partial charge in [0.25, 0.3) is 11.5 Å². The molecule has 2 N–H and O–H groups in total. The number of hydrogen-bond donors (Lipinski definition) is 2. The summed E-state index contributed by atoms with van der Waals surface area (Å²) < 4.78 is 17.0. The highest BCUT2D eigenvalue weighted by atomic mass is 35.5. The van der Waals surface area contributed by atoms with Gasteiger partial charge in [-0.1, -0.05) is 29.3 Å². The van der Waals surface area contributed by atoms with E-state index in [1.165, 1.54) is 30.5 Å². The molecule has 3 heterocycles. The van der Waals surface area contributed by atoms with Crippen molar-refractivity contribution in [1.82, 2.24) is 14.5 Å². The van der Waals surface area contributed by atoms with E-state index >= 15 is 4.39 Å². The maximum Gasteiger partial charge on any atom is 0.274 e. The van der Waals surface area contributed by atoms with Crippen molar-refractivity contribution in [3.63, 3.8) is 0 Å². The second kappa shape index (κ2) is 10.4. The molecule has 1 saturated carbocycles. The Kier molecular flexibility index (Phi) is 7.29. The molecule has 1 fully saturated rings. The molecule has 0 bridgehead atoms. The quantitative estimate of drug-likeness (QED) is 0.277. The van der Waals surface area contributed by atoms with Crippen LogP contribution in [-0.2, 0) is 4.79 Å². The summed E-state index contributed by atoms with van der Waals surface area (Å²) in [6.07, 6.45) is 5.76. The number of aliphatic hydroxyl groups is 1. The summed E-state index contributed by atoms with van der Waals surface area (Å²) in [5, 5.41) is 13.0. The number of halogens is 3. The van der Waals surface area contributed by atoms with E-state index in [4.69, 9.17) is 23.2 Å². The summed E-state index contributed by atoms with van der Waals surface area (Å²) in [6.45, 7) is 6.25. The Morgan fingerprint density at radius 1 is 1.12 bits per heavy atom. The Balaban J connectivity index is 1.52. The molecule has 1 aliphatic carbocycles. The van der Waals surface area contributed by atoms with Crippen LogP contribution in [0.3, 0.4) is 0 Å². The zero-order chi connectivity index (χ0) is 28.9. The van der Waals surface area contributed by atoms with Gasteiger partial charge in [-0.05, 0) is 93.0 Å². The monoisotopic (exact) mass is 580 g/mol. The van der Waals surface area contributed by atoms with Crippen LogP contribution in [0, 0.1) is 19.7 Å². The number of rotatable bonds is 6. The average Bonchev–Trinajstić information content (AvgIpc) is 3.69. The average molecular weight is 581 g/mol. The molecule has 10 heteroatoms. The number of anilines is 1. The maximum atomic E-state index is 15.5. The number of hydrogen-bond acceptors (Lipinski definition) is 5. The Bertz CT molecular complexity index is 1710. The van der Waals surface area contributed by atoms with Gasteiger partial charge in [0, 0.05) is 29.8 Å². The van der Waals surface area contributed by atoms with E-state index in [1.807, 2.05) is 19.1 Å². The second-order valence-electron chi connectivity index (χ2n) is 10.6. The molecule has 3 aromatic heterocycles. The van der Waals surface area contributed by atoms with Crippen molar-refractivity contribution in [3.8, 4) is 16.9 Å². The lowest BCUT2D eigenvalue weighted by Gasteiger charge is -2.18. The summed E-state index contributed by atoms with van der Waals surface area (Å²) in [6, 6.07) is 9.92. The SMILES string of the molecule is Cc1cnc(-c2cccc(NC(=O)C(C)(C)O)c2F)cc1-n1c(C)cc([C@H]2C[C@@H]2c2cncc(Cl)c2)c(Cl)c1=O. The van der Waals surface area contributed by atoms with E-state index in [1.54, 1.807) is 37.6 Å². The van der Waals surface area contributed by atoms with Crippen molar-refractivity contribution in [1.29, 1.82) is 0 Å². The van der Waals surface area contributed by atoms with Crippen LogP contribution < -0.4 is 10.9 Å². The highest BCUT2D eigenvalue weighted by molar-refractivity contribution is 6.31. The number of aryl methyl sites for hydroxylation is 2. The molecule has 7 nitrogen and oxygen atoms in total. The molecule has 1 amide bonds. The van der Waals surface area contributed by atoms with Crippen LogP contribution >= 0.6 is 23.2 Å². The van der Waals surface area contributed by atoms with Gasteiger partial charge in [-0.2, -0.15) is 0 Å². The number of amides is 1. The van der Waals surface area contributed by atoms with Gasteiger partial charge in [-0.15, -0.1) is 0 Å². The molecule has 2 atom stereocenters. The van der Waals surface area contributed by atoms with Crippen LogP contribution in [0.1, 0.15) is 54.5 Å². The zero-order valence-electron chi connectivity index (χ0n) is 22.3. The molecule has 0 radical (unpaired) electrons. The number of pyridine rings is 3. The number of benzene rings is 1. The van der Waals surface area contributed by atoms with E-state index in [-0.39, 0.29) is 39.4 Å². The summed E-state index contributed by atoms with van der Waals surface area (Å²) >= 11 is 12.8. The molecule has 1 aliphatic rings. The lowest BCUT2D eigenvalue weighted by atomic mass is 10.0. The van der Waals surface area contributed by atoms with Gasteiger partial charge in [0.15, 0.2) is 5.82 Å². The van der Waals surface area contributed by atoms with Gasteiger partial charge < -0.3 is 10.4 Å². The zero-order valence-corrected chi connectivity index (χ0v) is 23.8. The summed E-state index contributed by atoms with van der Waals surface area (Å²) in [4.78, 5) is 34.4.